The molecular weight excluding hydrogens is 350 g/mol. The molecule has 0 unspecified atom stereocenters. The zero-order chi connectivity index (χ0) is 19.9. The lowest BCUT2D eigenvalue weighted by Crippen LogP contribution is -1.91. The van der Waals surface area contributed by atoms with Crippen LogP contribution in [0.4, 0.5) is 5.69 Å². The highest BCUT2D eigenvalue weighted by Gasteiger charge is 2.07. The van der Waals surface area contributed by atoms with Gasteiger partial charge in [-0.2, -0.15) is 0 Å². The van der Waals surface area contributed by atoms with Crippen molar-refractivity contribution >= 4 is 16.8 Å². The molecule has 0 amide bonds. The average molecular weight is 373 g/mol. The second-order valence-electron chi connectivity index (χ2n) is 6.88. The van der Waals surface area contributed by atoms with Crippen molar-refractivity contribution in [3.05, 3.63) is 150 Å². The zero-order valence-corrected chi connectivity index (χ0v) is 16.2. The predicted molar refractivity (Wildman–Crippen MR) is 124 cm³/mol. The molecule has 0 atom stereocenters. The molecule has 0 spiro atoms. The maximum absolute atomic E-state index is 5.91. The van der Waals surface area contributed by atoms with E-state index in [0.717, 1.165) is 16.8 Å². The first kappa shape index (κ1) is 18.5. The van der Waals surface area contributed by atoms with Crippen LogP contribution in [0.2, 0.25) is 0 Å². The van der Waals surface area contributed by atoms with E-state index in [0.29, 0.717) is 0 Å². The van der Waals surface area contributed by atoms with Crippen LogP contribution in [0.5, 0.6) is 0 Å². The lowest BCUT2D eigenvalue weighted by atomic mass is 9.94. The van der Waals surface area contributed by atoms with E-state index in [-0.39, 0.29) is 0 Å². The lowest BCUT2D eigenvalue weighted by Gasteiger charge is -2.11. The molecule has 4 aromatic rings. The first-order valence-electron chi connectivity index (χ1n) is 9.75. The van der Waals surface area contributed by atoms with Crippen molar-refractivity contribution in [2.45, 2.75) is 0 Å². The van der Waals surface area contributed by atoms with Gasteiger partial charge in [0, 0.05) is 5.69 Å². The Morgan fingerprint density at radius 2 is 0.724 bits per heavy atom. The molecule has 0 aliphatic carbocycles. The van der Waals surface area contributed by atoms with Crippen molar-refractivity contribution in [3.8, 4) is 0 Å². The number of rotatable bonds is 5. The van der Waals surface area contributed by atoms with Crippen molar-refractivity contribution in [2.24, 2.45) is 0 Å². The Hall–Kier alpha value is -3.84. The van der Waals surface area contributed by atoms with Crippen molar-refractivity contribution < 1.29 is 0 Å². The van der Waals surface area contributed by atoms with Gasteiger partial charge in [0.05, 0.1) is 0 Å². The van der Waals surface area contributed by atoms with Gasteiger partial charge in [0.25, 0.3) is 0 Å². The Morgan fingerprint density at radius 3 is 1.07 bits per heavy atom. The number of anilines is 1. The maximum Gasteiger partial charge on any atom is 0.0314 e. The third kappa shape index (κ3) is 4.53. The quantitative estimate of drug-likeness (QED) is 0.301. The Labute approximate surface area is 172 Å². The van der Waals surface area contributed by atoms with Gasteiger partial charge in [-0.25, -0.2) is 0 Å². The molecular formula is C28H23N. The second-order valence-corrected chi connectivity index (χ2v) is 6.88. The summed E-state index contributed by atoms with van der Waals surface area (Å²) in [6.07, 6.45) is 4.42. The molecule has 0 radical (unpaired) electrons. The highest BCUT2D eigenvalue weighted by Crippen LogP contribution is 2.28. The summed E-state index contributed by atoms with van der Waals surface area (Å²) < 4.78 is 0. The number of allylic oxidation sites excluding steroid dienone is 2. The Kier molecular flexibility index (Phi) is 5.68. The summed E-state index contributed by atoms with van der Waals surface area (Å²) in [6, 6.07) is 39.5. The fourth-order valence-electron chi connectivity index (χ4n) is 3.40. The number of hydrogen-bond acceptors (Lipinski definition) is 1. The zero-order valence-electron chi connectivity index (χ0n) is 16.2. The van der Waals surface area contributed by atoms with Crippen LogP contribution >= 0.6 is 0 Å². The molecule has 29 heavy (non-hydrogen) atoms. The maximum atomic E-state index is 5.91. The van der Waals surface area contributed by atoms with Gasteiger partial charge in [-0.3, -0.25) is 0 Å². The van der Waals surface area contributed by atoms with E-state index in [9.17, 15) is 0 Å². The van der Waals surface area contributed by atoms with E-state index in [1.165, 1.54) is 22.3 Å². The first-order chi connectivity index (χ1) is 14.3. The Bertz CT molecular complexity index is 1070. The normalized spacial score (nSPS) is 11.1. The van der Waals surface area contributed by atoms with Crippen molar-refractivity contribution in [1.82, 2.24) is 0 Å². The Morgan fingerprint density at radius 1 is 0.414 bits per heavy atom. The third-order valence-electron chi connectivity index (χ3n) is 4.89. The fraction of sp³-hybridized carbons (Fsp3) is 0. The van der Waals surface area contributed by atoms with Gasteiger partial charge in [0.15, 0.2) is 0 Å². The number of nitrogens with two attached hydrogens (primary N) is 1. The van der Waals surface area contributed by atoms with Gasteiger partial charge >= 0.3 is 0 Å². The van der Waals surface area contributed by atoms with E-state index >= 15 is 0 Å². The second kappa shape index (κ2) is 8.90. The topological polar surface area (TPSA) is 26.0 Å². The molecule has 0 bridgehead atoms. The SMILES string of the molecule is Nc1ccc(/C(=C/C=C(c2ccccc2)c2ccccc2)c2ccccc2)cc1. The molecule has 0 aliphatic rings. The van der Waals surface area contributed by atoms with Crippen LogP contribution in [0.3, 0.4) is 0 Å². The number of hydrogen-bond donors (Lipinski definition) is 1. The van der Waals surface area contributed by atoms with Crippen LogP contribution < -0.4 is 5.73 Å². The van der Waals surface area contributed by atoms with E-state index in [2.05, 4.69) is 97.1 Å². The monoisotopic (exact) mass is 373 g/mol. The molecule has 0 saturated carbocycles. The summed E-state index contributed by atoms with van der Waals surface area (Å²) >= 11 is 0. The molecule has 2 N–H and O–H groups in total. The minimum Gasteiger partial charge on any atom is -0.399 e. The summed E-state index contributed by atoms with van der Waals surface area (Å²) in [7, 11) is 0. The van der Waals surface area contributed by atoms with Crippen molar-refractivity contribution in [3.63, 3.8) is 0 Å². The summed E-state index contributed by atoms with van der Waals surface area (Å²) in [5, 5.41) is 0. The molecule has 4 aromatic carbocycles. The first-order valence-corrected chi connectivity index (χ1v) is 9.75. The molecule has 0 heterocycles. The van der Waals surface area contributed by atoms with E-state index in [1.807, 2.05) is 30.3 Å². The molecule has 4 rings (SSSR count). The third-order valence-corrected chi connectivity index (χ3v) is 4.89. The van der Waals surface area contributed by atoms with Crippen LogP contribution in [0, 0.1) is 0 Å². The van der Waals surface area contributed by atoms with Crippen molar-refractivity contribution in [2.75, 3.05) is 5.73 Å². The van der Waals surface area contributed by atoms with Crippen molar-refractivity contribution in [1.29, 1.82) is 0 Å². The van der Waals surface area contributed by atoms with Crippen LogP contribution in [-0.4, -0.2) is 0 Å². The summed E-state index contributed by atoms with van der Waals surface area (Å²) in [6.45, 7) is 0. The fourth-order valence-corrected chi connectivity index (χ4v) is 3.40. The van der Waals surface area contributed by atoms with Gasteiger partial charge in [0.1, 0.15) is 0 Å². The molecule has 0 aliphatic heterocycles. The molecule has 0 fully saturated rings. The van der Waals surface area contributed by atoms with E-state index < -0.39 is 0 Å². The smallest absolute Gasteiger partial charge is 0.0314 e. The van der Waals surface area contributed by atoms with Gasteiger partial charge in [-0.05, 0) is 45.5 Å². The molecule has 1 heteroatoms. The molecule has 0 saturated heterocycles. The van der Waals surface area contributed by atoms with Gasteiger partial charge in [-0.15, -0.1) is 0 Å². The molecule has 1 nitrogen and oxygen atoms in total. The minimum absolute atomic E-state index is 0.769. The summed E-state index contributed by atoms with van der Waals surface area (Å²) in [4.78, 5) is 0. The van der Waals surface area contributed by atoms with Gasteiger partial charge < -0.3 is 5.73 Å². The molecule has 140 valence electrons. The highest BCUT2D eigenvalue weighted by molar-refractivity contribution is 5.86. The molecule has 0 aromatic heterocycles. The summed E-state index contributed by atoms with van der Waals surface area (Å²) in [5.41, 5.74) is 13.7. The van der Waals surface area contributed by atoms with Gasteiger partial charge in [0.2, 0.25) is 0 Å². The largest absolute Gasteiger partial charge is 0.399 e. The van der Waals surface area contributed by atoms with Crippen LogP contribution in [0.15, 0.2) is 127 Å². The number of nitrogen functional groups attached to an aromatic ring is 1. The predicted octanol–water partition coefficient (Wildman–Crippen LogP) is 6.83. The van der Waals surface area contributed by atoms with E-state index in [4.69, 9.17) is 5.73 Å². The highest BCUT2D eigenvalue weighted by atomic mass is 14.5. The minimum atomic E-state index is 0.769. The van der Waals surface area contributed by atoms with Gasteiger partial charge in [-0.1, -0.05) is 115 Å². The lowest BCUT2D eigenvalue weighted by molar-refractivity contribution is 1.53. The van der Waals surface area contributed by atoms with Crippen LogP contribution in [0.1, 0.15) is 22.3 Å². The van der Waals surface area contributed by atoms with E-state index in [1.54, 1.807) is 0 Å². The van der Waals surface area contributed by atoms with Crippen LogP contribution in [-0.2, 0) is 0 Å². The average Bonchev–Trinajstić information content (AvgIpc) is 2.79. The number of benzene rings is 4. The standard InChI is InChI=1S/C28H23N/c29-26-18-16-25(17-19-26)28(24-14-8-3-9-15-24)21-20-27(22-10-4-1-5-11-22)23-12-6-2-7-13-23/h1-21H,29H2/b28-21+. The summed E-state index contributed by atoms with van der Waals surface area (Å²) in [5.74, 6) is 0. The van der Waals surface area contributed by atoms with Crippen LogP contribution in [0.25, 0.3) is 11.1 Å². The Balaban J connectivity index is 1.87.